The van der Waals surface area contributed by atoms with E-state index in [0.29, 0.717) is 0 Å². The summed E-state index contributed by atoms with van der Waals surface area (Å²) in [6, 6.07) is 21.7. The molecule has 0 radical (unpaired) electrons. The molecule has 21 heavy (non-hydrogen) atoms. The normalized spacial score (nSPS) is 11.5. The van der Waals surface area contributed by atoms with Crippen molar-refractivity contribution in [2.75, 3.05) is 19.4 Å². The molecule has 0 unspecified atom stereocenters. The summed E-state index contributed by atoms with van der Waals surface area (Å²) in [6.07, 6.45) is 2.26. The van der Waals surface area contributed by atoms with Gasteiger partial charge in [0.15, 0.2) is 0 Å². The summed E-state index contributed by atoms with van der Waals surface area (Å²) in [5.74, 6) is 0. The van der Waals surface area contributed by atoms with Crippen LogP contribution in [0.1, 0.15) is 13.3 Å². The molecule has 0 saturated heterocycles. The van der Waals surface area contributed by atoms with Crippen LogP contribution < -0.4 is 10.6 Å². The minimum atomic E-state index is -0.752. The number of rotatable bonds is 9. The zero-order valence-corrected chi connectivity index (χ0v) is 14.9. The Kier molecular flexibility index (Phi) is 7.69. The average Bonchev–Trinajstić information content (AvgIpc) is 2.56. The standard InChI is InChI=1S/C17H23O2PSi/c1-2-18-21-19-14-9-15-20(16-10-5-3-6-11-16)17-12-7-4-8-13-17/h3-8,10-13H,2,9,14-15,21H2,1H3. The average molecular weight is 318 g/mol. The van der Waals surface area contributed by atoms with E-state index in [9.17, 15) is 0 Å². The summed E-state index contributed by atoms with van der Waals surface area (Å²) in [5.41, 5.74) is 0. The molecule has 0 aliphatic heterocycles. The van der Waals surface area contributed by atoms with Gasteiger partial charge in [0.05, 0.1) is 0 Å². The first-order valence-electron chi connectivity index (χ1n) is 7.45. The second-order valence-corrected chi connectivity index (χ2v) is 8.08. The Labute approximate surface area is 131 Å². The highest BCUT2D eigenvalue weighted by Gasteiger charge is 2.12. The van der Waals surface area contributed by atoms with Crippen molar-refractivity contribution in [1.29, 1.82) is 0 Å². The van der Waals surface area contributed by atoms with E-state index in [-0.39, 0.29) is 7.92 Å². The van der Waals surface area contributed by atoms with Gasteiger partial charge in [0.1, 0.15) is 0 Å². The first-order valence-corrected chi connectivity index (χ1v) is 10.1. The summed E-state index contributed by atoms with van der Waals surface area (Å²) in [4.78, 5) is 0. The highest BCUT2D eigenvalue weighted by Crippen LogP contribution is 2.33. The van der Waals surface area contributed by atoms with Crippen molar-refractivity contribution in [2.45, 2.75) is 13.3 Å². The molecule has 0 aliphatic carbocycles. The predicted octanol–water partition coefficient (Wildman–Crippen LogP) is 2.56. The molecule has 2 rings (SSSR count). The molecule has 0 spiro atoms. The quantitative estimate of drug-likeness (QED) is 0.402. The van der Waals surface area contributed by atoms with Crippen molar-refractivity contribution in [2.24, 2.45) is 0 Å². The van der Waals surface area contributed by atoms with Gasteiger partial charge in [-0.1, -0.05) is 60.7 Å². The van der Waals surface area contributed by atoms with E-state index in [1.165, 1.54) is 16.8 Å². The van der Waals surface area contributed by atoms with E-state index >= 15 is 0 Å². The molecule has 2 aromatic carbocycles. The lowest BCUT2D eigenvalue weighted by molar-refractivity contribution is 0.231. The first-order chi connectivity index (χ1) is 10.4. The van der Waals surface area contributed by atoms with Crippen LogP contribution in [0.3, 0.4) is 0 Å². The molecule has 0 amide bonds. The van der Waals surface area contributed by atoms with Crippen LogP contribution in [-0.2, 0) is 8.85 Å². The Balaban J connectivity index is 1.94. The molecule has 2 nitrogen and oxygen atoms in total. The van der Waals surface area contributed by atoms with Crippen molar-refractivity contribution >= 4 is 28.5 Å². The van der Waals surface area contributed by atoms with E-state index in [1.54, 1.807) is 0 Å². The fraction of sp³-hybridized carbons (Fsp3) is 0.294. The predicted molar refractivity (Wildman–Crippen MR) is 94.7 cm³/mol. The van der Waals surface area contributed by atoms with Gasteiger partial charge in [-0.25, -0.2) is 0 Å². The van der Waals surface area contributed by atoms with Gasteiger partial charge in [0, 0.05) is 13.2 Å². The van der Waals surface area contributed by atoms with Gasteiger partial charge in [0.2, 0.25) is 0 Å². The van der Waals surface area contributed by atoms with E-state index in [1.807, 2.05) is 6.92 Å². The molecule has 0 N–H and O–H groups in total. The summed E-state index contributed by atoms with van der Waals surface area (Å²) >= 11 is 0. The van der Waals surface area contributed by atoms with Gasteiger partial charge in [-0.15, -0.1) is 0 Å². The minimum Gasteiger partial charge on any atom is -0.399 e. The third-order valence-electron chi connectivity index (χ3n) is 3.18. The molecule has 0 bridgehead atoms. The lowest BCUT2D eigenvalue weighted by Gasteiger charge is -2.18. The maximum Gasteiger partial charge on any atom is 0.304 e. The largest absolute Gasteiger partial charge is 0.399 e. The molecule has 0 aliphatic rings. The van der Waals surface area contributed by atoms with Crippen LogP contribution in [0.25, 0.3) is 0 Å². The Morgan fingerprint density at radius 3 is 1.95 bits per heavy atom. The third-order valence-corrected chi connectivity index (χ3v) is 6.81. The molecule has 4 heteroatoms. The van der Waals surface area contributed by atoms with Crippen molar-refractivity contribution in [3.05, 3.63) is 60.7 Å². The zero-order chi connectivity index (χ0) is 14.8. The van der Waals surface area contributed by atoms with Crippen LogP contribution >= 0.6 is 7.92 Å². The Morgan fingerprint density at radius 1 is 0.857 bits per heavy atom. The molecule has 0 atom stereocenters. The van der Waals surface area contributed by atoms with Crippen molar-refractivity contribution in [1.82, 2.24) is 0 Å². The SMILES string of the molecule is CCO[SiH2]OCCCP(c1ccccc1)c1ccccc1. The van der Waals surface area contributed by atoms with Crippen LogP contribution in [0.4, 0.5) is 0 Å². The summed E-state index contributed by atoms with van der Waals surface area (Å²) in [7, 11) is -1.03. The second-order valence-electron chi connectivity index (χ2n) is 4.70. The first kappa shape index (κ1) is 16.4. The Hall–Kier alpha value is -0.993. The van der Waals surface area contributed by atoms with Gasteiger partial charge in [0.25, 0.3) is 0 Å². The van der Waals surface area contributed by atoms with Gasteiger partial charge >= 0.3 is 10.0 Å². The van der Waals surface area contributed by atoms with Crippen LogP contribution in [-0.4, -0.2) is 29.4 Å². The lowest BCUT2D eigenvalue weighted by atomic mass is 10.4. The maximum atomic E-state index is 5.62. The van der Waals surface area contributed by atoms with E-state index in [4.69, 9.17) is 8.85 Å². The second kappa shape index (κ2) is 9.86. The fourth-order valence-corrected chi connectivity index (χ4v) is 5.08. The van der Waals surface area contributed by atoms with Crippen LogP contribution in [0.2, 0.25) is 0 Å². The van der Waals surface area contributed by atoms with Gasteiger partial charge < -0.3 is 8.85 Å². The molecule has 0 saturated carbocycles. The monoisotopic (exact) mass is 318 g/mol. The Bertz CT molecular complexity index is 453. The van der Waals surface area contributed by atoms with Crippen LogP contribution in [0, 0.1) is 0 Å². The van der Waals surface area contributed by atoms with Gasteiger partial charge in [-0.3, -0.25) is 0 Å². The molecule has 0 heterocycles. The van der Waals surface area contributed by atoms with E-state index < -0.39 is 10.0 Å². The van der Waals surface area contributed by atoms with E-state index in [0.717, 1.165) is 19.6 Å². The molecule has 2 aromatic rings. The lowest BCUT2D eigenvalue weighted by Crippen LogP contribution is -2.15. The summed E-state index contributed by atoms with van der Waals surface area (Å²) < 4.78 is 11.0. The summed E-state index contributed by atoms with van der Waals surface area (Å²) in [6.45, 7) is 3.61. The van der Waals surface area contributed by atoms with Gasteiger partial charge in [-0.05, 0) is 38.0 Å². The number of benzene rings is 2. The zero-order valence-electron chi connectivity index (χ0n) is 12.6. The highest BCUT2D eigenvalue weighted by molar-refractivity contribution is 7.73. The molecular weight excluding hydrogens is 295 g/mol. The van der Waals surface area contributed by atoms with Crippen molar-refractivity contribution < 1.29 is 8.85 Å². The molecule has 112 valence electrons. The van der Waals surface area contributed by atoms with Crippen molar-refractivity contribution in [3.63, 3.8) is 0 Å². The topological polar surface area (TPSA) is 18.5 Å². The third kappa shape index (κ3) is 5.72. The maximum absolute atomic E-state index is 5.62. The minimum absolute atomic E-state index is 0.281. The molecule has 0 aromatic heterocycles. The Morgan fingerprint density at radius 2 is 1.43 bits per heavy atom. The number of hydrogen-bond acceptors (Lipinski definition) is 2. The van der Waals surface area contributed by atoms with Crippen LogP contribution in [0.15, 0.2) is 60.7 Å². The van der Waals surface area contributed by atoms with E-state index in [2.05, 4.69) is 60.7 Å². The summed E-state index contributed by atoms with van der Waals surface area (Å²) in [5, 5.41) is 2.89. The molecule has 0 fully saturated rings. The smallest absolute Gasteiger partial charge is 0.304 e. The highest BCUT2D eigenvalue weighted by atomic mass is 31.1. The molecular formula is C17H23O2PSi. The number of hydrogen-bond donors (Lipinski definition) is 0. The van der Waals surface area contributed by atoms with Crippen LogP contribution in [0.5, 0.6) is 0 Å². The van der Waals surface area contributed by atoms with Gasteiger partial charge in [-0.2, -0.15) is 0 Å². The fourth-order valence-electron chi connectivity index (χ4n) is 2.15. The van der Waals surface area contributed by atoms with Crippen molar-refractivity contribution in [3.8, 4) is 0 Å².